The fraction of sp³-hybridized carbons (Fsp3) is 0.412. The number of aryl methyl sites for hydroxylation is 2. The molecule has 0 aliphatic heterocycles. The molecule has 0 aliphatic rings. The number of thiazole rings is 1. The van der Waals surface area contributed by atoms with Crippen LogP contribution < -0.4 is 10.2 Å². The molecule has 2 aromatic rings. The molecule has 1 aromatic carbocycles. The Morgan fingerprint density at radius 2 is 2.04 bits per heavy atom. The average Bonchev–Trinajstić information content (AvgIpc) is 2.80. The summed E-state index contributed by atoms with van der Waals surface area (Å²) in [5.41, 5.74) is 4.06. The first-order valence-corrected chi connectivity index (χ1v) is 8.46. The number of benzene rings is 1. The van der Waals surface area contributed by atoms with E-state index in [1.807, 2.05) is 56.3 Å². The van der Waals surface area contributed by atoms with E-state index in [1.165, 1.54) is 11.3 Å². The van der Waals surface area contributed by atoms with Crippen molar-refractivity contribution in [1.29, 1.82) is 0 Å². The van der Waals surface area contributed by atoms with Gasteiger partial charge in [-0.15, -0.1) is 0 Å². The maximum atomic E-state index is 12.2. The van der Waals surface area contributed by atoms with Crippen LogP contribution in [0.5, 0.6) is 0 Å². The van der Waals surface area contributed by atoms with Gasteiger partial charge in [0.1, 0.15) is 0 Å². The van der Waals surface area contributed by atoms with Crippen molar-refractivity contribution in [3.63, 3.8) is 0 Å². The fourth-order valence-corrected chi connectivity index (χ4v) is 3.11. The summed E-state index contributed by atoms with van der Waals surface area (Å²) in [5.74, 6) is -0.0458. The number of hydrogen-bond acceptors (Lipinski definition) is 4. The largest absolute Gasteiger partial charge is 0.325 e. The SMILES string of the molecule is Cc1cccc(NC(=O)CN(C)CCn2c(C)csc2=O)c1C. The van der Waals surface area contributed by atoms with Crippen LogP contribution in [0.4, 0.5) is 5.69 Å². The van der Waals surface area contributed by atoms with E-state index in [-0.39, 0.29) is 10.8 Å². The van der Waals surface area contributed by atoms with Gasteiger partial charge in [0.05, 0.1) is 6.54 Å². The van der Waals surface area contributed by atoms with Gasteiger partial charge in [0.25, 0.3) is 0 Å². The summed E-state index contributed by atoms with van der Waals surface area (Å²) < 4.78 is 1.74. The Kier molecular flexibility index (Phi) is 5.74. The van der Waals surface area contributed by atoms with Crippen LogP contribution in [0.3, 0.4) is 0 Å². The molecular weight excluding hydrogens is 310 g/mol. The van der Waals surface area contributed by atoms with Crippen molar-refractivity contribution in [2.75, 3.05) is 25.5 Å². The van der Waals surface area contributed by atoms with Gasteiger partial charge < -0.3 is 9.88 Å². The van der Waals surface area contributed by atoms with Crippen molar-refractivity contribution in [2.24, 2.45) is 0 Å². The topological polar surface area (TPSA) is 54.3 Å². The Labute approximate surface area is 140 Å². The number of rotatable bonds is 6. The van der Waals surface area contributed by atoms with Crippen LogP contribution in [0.25, 0.3) is 0 Å². The zero-order valence-corrected chi connectivity index (χ0v) is 14.9. The molecule has 0 aliphatic carbocycles. The van der Waals surface area contributed by atoms with Crippen LogP contribution in [-0.2, 0) is 11.3 Å². The highest BCUT2D eigenvalue weighted by molar-refractivity contribution is 7.07. The maximum Gasteiger partial charge on any atom is 0.307 e. The summed E-state index contributed by atoms with van der Waals surface area (Å²) in [7, 11) is 1.88. The van der Waals surface area contributed by atoms with E-state index in [0.717, 1.165) is 22.5 Å². The summed E-state index contributed by atoms with van der Waals surface area (Å²) in [6.45, 7) is 7.49. The molecule has 0 saturated carbocycles. The molecule has 0 fully saturated rings. The molecule has 5 nitrogen and oxygen atoms in total. The van der Waals surface area contributed by atoms with Crippen LogP contribution in [-0.4, -0.2) is 35.5 Å². The van der Waals surface area contributed by atoms with Gasteiger partial charge >= 0.3 is 4.87 Å². The van der Waals surface area contributed by atoms with Crippen molar-refractivity contribution in [2.45, 2.75) is 27.3 Å². The Morgan fingerprint density at radius 3 is 2.70 bits per heavy atom. The van der Waals surface area contributed by atoms with E-state index in [4.69, 9.17) is 0 Å². The van der Waals surface area contributed by atoms with E-state index >= 15 is 0 Å². The van der Waals surface area contributed by atoms with E-state index in [1.54, 1.807) is 4.57 Å². The summed E-state index contributed by atoms with van der Waals surface area (Å²) in [6, 6.07) is 5.87. The first kappa shape index (κ1) is 17.4. The number of nitrogens with one attached hydrogen (secondary N) is 1. The minimum absolute atomic E-state index is 0.0458. The highest BCUT2D eigenvalue weighted by atomic mass is 32.1. The van der Waals surface area contributed by atoms with Crippen LogP contribution in [0.15, 0.2) is 28.4 Å². The number of hydrogen-bond donors (Lipinski definition) is 1. The van der Waals surface area contributed by atoms with E-state index in [9.17, 15) is 9.59 Å². The zero-order chi connectivity index (χ0) is 17.0. The number of anilines is 1. The number of likely N-dealkylation sites (N-methyl/N-ethyl adjacent to an activating group) is 1. The molecular formula is C17H23N3O2S. The maximum absolute atomic E-state index is 12.2. The van der Waals surface area contributed by atoms with Gasteiger partial charge in [-0.25, -0.2) is 0 Å². The van der Waals surface area contributed by atoms with Crippen molar-refractivity contribution < 1.29 is 4.79 Å². The second-order valence-corrected chi connectivity index (χ2v) is 6.65. The zero-order valence-electron chi connectivity index (χ0n) is 14.0. The smallest absolute Gasteiger partial charge is 0.307 e. The van der Waals surface area contributed by atoms with Gasteiger partial charge in [-0.3, -0.25) is 14.5 Å². The molecule has 23 heavy (non-hydrogen) atoms. The molecule has 0 unspecified atom stereocenters. The Balaban J connectivity index is 1.87. The van der Waals surface area contributed by atoms with Gasteiger partial charge in [0.2, 0.25) is 5.91 Å². The molecule has 0 saturated heterocycles. The summed E-state index contributed by atoms with van der Waals surface area (Å²) in [5, 5.41) is 4.81. The highest BCUT2D eigenvalue weighted by Crippen LogP contribution is 2.17. The van der Waals surface area contributed by atoms with Crippen LogP contribution >= 0.6 is 11.3 Å². The lowest BCUT2D eigenvalue weighted by Gasteiger charge is -2.17. The average molecular weight is 333 g/mol. The lowest BCUT2D eigenvalue weighted by molar-refractivity contribution is -0.117. The predicted octanol–water partition coefficient (Wildman–Crippen LogP) is 2.41. The normalized spacial score (nSPS) is 11.0. The number of nitrogens with zero attached hydrogens (tertiary/aromatic N) is 2. The molecule has 0 radical (unpaired) electrons. The fourth-order valence-electron chi connectivity index (χ4n) is 2.35. The lowest BCUT2D eigenvalue weighted by Crippen LogP contribution is -2.33. The number of carbonyl (C=O) groups is 1. The molecule has 2 rings (SSSR count). The quantitative estimate of drug-likeness (QED) is 0.883. The third-order valence-electron chi connectivity index (χ3n) is 3.97. The first-order valence-electron chi connectivity index (χ1n) is 7.58. The third kappa shape index (κ3) is 4.53. The second kappa shape index (κ2) is 7.57. The molecule has 0 bridgehead atoms. The first-order chi connectivity index (χ1) is 10.9. The van der Waals surface area contributed by atoms with Crippen molar-refractivity contribution in [1.82, 2.24) is 9.47 Å². The van der Waals surface area contributed by atoms with Crippen LogP contribution in [0, 0.1) is 20.8 Å². The summed E-state index contributed by atoms with van der Waals surface area (Å²) in [4.78, 5) is 25.8. The number of amides is 1. The molecule has 124 valence electrons. The molecule has 0 atom stereocenters. The summed E-state index contributed by atoms with van der Waals surface area (Å²) in [6.07, 6.45) is 0. The molecule has 1 aromatic heterocycles. The Morgan fingerprint density at radius 1 is 1.30 bits per heavy atom. The minimum Gasteiger partial charge on any atom is -0.325 e. The van der Waals surface area contributed by atoms with Gasteiger partial charge in [-0.2, -0.15) is 0 Å². The second-order valence-electron chi connectivity index (χ2n) is 5.83. The monoisotopic (exact) mass is 333 g/mol. The van der Waals surface area contributed by atoms with Crippen molar-refractivity contribution in [3.8, 4) is 0 Å². The molecule has 1 heterocycles. The minimum atomic E-state index is -0.0458. The summed E-state index contributed by atoms with van der Waals surface area (Å²) >= 11 is 1.21. The van der Waals surface area contributed by atoms with Crippen LogP contribution in [0.1, 0.15) is 16.8 Å². The van der Waals surface area contributed by atoms with Gasteiger partial charge in [-0.05, 0) is 45.0 Å². The number of aromatic nitrogens is 1. The van der Waals surface area contributed by atoms with E-state index < -0.39 is 0 Å². The van der Waals surface area contributed by atoms with E-state index in [0.29, 0.717) is 19.6 Å². The molecule has 1 amide bonds. The highest BCUT2D eigenvalue weighted by Gasteiger charge is 2.10. The van der Waals surface area contributed by atoms with Crippen molar-refractivity contribution in [3.05, 3.63) is 50.1 Å². The molecule has 0 spiro atoms. The van der Waals surface area contributed by atoms with E-state index in [2.05, 4.69) is 5.32 Å². The van der Waals surface area contributed by atoms with Gasteiger partial charge in [0, 0.05) is 29.9 Å². The predicted molar refractivity (Wildman–Crippen MR) is 95.4 cm³/mol. The Hall–Kier alpha value is -1.92. The lowest BCUT2D eigenvalue weighted by atomic mass is 10.1. The number of carbonyl (C=O) groups excluding carboxylic acids is 1. The third-order valence-corrected chi connectivity index (χ3v) is 4.85. The Bertz CT molecular complexity index is 749. The standard InChI is InChI=1S/C17H23N3O2S/c1-12-6-5-7-15(14(12)3)18-16(21)10-19(4)8-9-20-13(2)11-23-17(20)22/h5-7,11H,8-10H2,1-4H3,(H,18,21). The van der Waals surface area contributed by atoms with Gasteiger partial charge in [-0.1, -0.05) is 23.5 Å². The van der Waals surface area contributed by atoms with Gasteiger partial charge in [0.15, 0.2) is 0 Å². The molecule has 6 heteroatoms. The van der Waals surface area contributed by atoms with Crippen LogP contribution in [0.2, 0.25) is 0 Å². The van der Waals surface area contributed by atoms with Crippen molar-refractivity contribution >= 4 is 22.9 Å². The molecule has 1 N–H and O–H groups in total.